The minimum Gasteiger partial charge on any atom is -0.383 e. The predicted octanol–water partition coefficient (Wildman–Crippen LogP) is 3.39. The molecule has 0 radical (unpaired) electrons. The molecule has 2 unspecified atom stereocenters. The molecule has 2 aromatic rings. The first-order valence-electron chi connectivity index (χ1n) is 10.4. The normalized spacial score (nSPS) is 23.0. The van der Waals surface area contributed by atoms with E-state index < -0.39 is 11.6 Å². The third kappa shape index (κ3) is 4.27. The first-order valence-corrected chi connectivity index (χ1v) is 10.4. The first kappa shape index (κ1) is 20.9. The van der Waals surface area contributed by atoms with Crippen molar-refractivity contribution in [1.29, 1.82) is 0 Å². The van der Waals surface area contributed by atoms with Crippen LogP contribution in [0.15, 0.2) is 61.3 Å². The zero-order valence-corrected chi connectivity index (χ0v) is 17.5. The van der Waals surface area contributed by atoms with Gasteiger partial charge in [0.2, 0.25) is 5.78 Å². The number of piperazine rings is 1. The van der Waals surface area contributed by atoms with E-state index >= 15 is 0 Å². The van der Waals surface area contributed by atoms with Crippen molar-refractivity contribution < 1.29 is 9.18 Å². The van der Waals surface area contributed by atoms with E-state index in [2.05, 4.69) is 58.0 Å². The van der Waals surface area contributed by atoms with Crippen LogP contribution in [0, 0.1) is 11.8 Å². The fraction of sp³-hybridized carbons (Fsp3) is 0.292. The second kappa shape index (κ2) is 8.81. The number of pyridine rings is 2. The molecule has 3 atom stereocenters. The van der Waals surface area contributed by atoms with E-state index in [0.717, 1.165) is 19.6 Å². The molecule has 160 valence electrons. The van der Waals surface area contributed by atoms with E-state index in [1.165, 1.54) is 6.20 Å². The van der Waals surface area contributed by atoms with Crippen molar-refractivity contribution >= 4 is 23.2 Å². The number of allylic oxidation sites excluding steroid dienone is 3. The summed E-state index contributed by atoms with van der Waals surface area (Å²) in [5.74, 6) is 0.332. The molecule has 31 heavy (non-hydrogen) atoms. The van der Waals surface area contributed by atoms with Gasteiger partial charge in [-0.15, -0.1) is 0 Å². The molecule has 0 spiro atoms. The summed E-state index contributed by atoms with van der Waals surface area (Å²) in [6.07, 6.45) is 10.1. The number of nitrogen functional groups attached to an aromatic ring is 1. The smallest absolute Gasteiger partial charge is 0.215 e. The minimum absolute atomic E-state index is 0.00588. The lowest BCUT2D eigenvalue weighted by molar-refractivity contribution is 0.103. The van der Waals surface area contributed by atoms with Gasteiger partial charge < -0.3 is 16.0 Å². The Hall–Kier alpha value is -3.32. The Labute approximate surface area is 181 Å². The van der Waals surface area contributed by atoms with E-state index in [4.69, 9.17) is 5.73 Å². The van der Waals surface area contributed by atoms with Crippen molar-refractivity contribution in [3.05, 3.63) is 78.2 Å². The monoisotopic (exact) mass is 419 g/mol. The number of carbonyl (C=O) groups is 1. The molecule has 0 bridgehead atoms. The van der Waals surface area contributed by atoms with E-state index in [1.807, 2.05) is 0 Å². The van der Waals surface area contributed by atoms with Crippen molar-refractivity contribution in [3.8, 4) is 0 Å². The number of nitrogens with two attached hydrogens (primary N) is 1. The summed E-state index contributed by atoms with van der Waals surface area (Å²) < 4.78 is 14.1. The summed E-state index contributed by atoms with van der Waals surface area (Å²) in [5.41, 5.74) is 6.13. The fourth-order valence-electron chi connectivity index (χ4n) is 4.23. The minimum atomic E-state index is -0.712. The maximum Gasteiger partial charge on any atom is 0.215 e. The Bertz CT molecular complexity index is 1060. The first-order chi connectivity index (χ1) is 15.0. The molecule has 2 aliphatic rings. The SMILES string of the molecule is C=C(F)c1ccc(N2CCN[C@H](C3C=CC=CC3C)C2)nc1C(=O)c1cccnc1N. The van der Waals surface area contributed by atoms with Crippen molar-refractivity contribution in [2.75, 3.05) is 30.3 Å². The van der Waals surface area contributed by atoms with E-state index in [9.17, 15) is 9.18 Å². The van der Waals surface area contributed by atoms with Crippen LogP contribution in [0.25, 0.3) is 5.83 Å². The van der Waals surface area contributed by atoms with Crippen LogP contribution in [0.5, 0.6) is 0 Å². The van der Waals surface area contributed by atoms with Gasteiger partial charge in [0.15, 0.2) is 0 Å². The molecule has 6 nitrogen and oxygen atoms in total. The highest BCUT2D eigenvalue weighted by Crippen LogP contribution is 2.28. The summed E-state index contributed by atoms with van der Waals surface area (Å²) in [6, 6.07) is 6.73. The van der Waals surface area contributed by atoms with Crippen LogP contribution in [-0.4, -0.2) is 41.4 Å². The zero-order chi connectivity index (χ0) is 22.0. The molecule has 0 saturated carbocycles. The van der Waals surface area contributed by atoms with Gasteiger partial charge in [0.25, 0.3) is 0 Å². The third-order valence-electron chi connectivity index (χ3n) is 5.93. The van der Waals surface area contributed by atoms with Gasteiger partial charge in [0, 0.05) is 43.4 Å². The number of hydrogen-bond donors (Lipinski definition) is 2. The standard InChI is InChI=1S/C24H26FN5O/c1-15-6-3-4-7-17(15)20-14-30(13-12-27-20)21-10-9-18(16(2)25)22(29-21)23(31)19-8-5-11-28-24(19)26/h3-11,15,17,20,27H,2,12-14H2,1H3,(H2,26,28)/t15?,17?,20-/m0/s1. The fourth-order valence-corrected chi connectivity index (χ4v) is 4.23. The molecule has 1 aliphatic heterocycles. The molecule has 0 aromatic carbocycles. The average molecular weight is 420 g/mol. The van der Waals surface area contributed by atoms with Gasteiger partial charge in [-0.25, -0.2) is 14.4 Å². The summed E-state index contributed by atoms with van der Waals surface area (Å²) in [5, 5.41) is 3.60. The quantitative estimate of drug-likeness (QED) is 0.723. The Morgan fingerprint density at radius 1 is 1.26 bits per heavy atom. The molecule has 3 heterocycles. The predicted molar refractivity (Wildman–Crippen MR) is 121 cm³/mol. The van der Waals surface area contributed by atoms with Crippen molar-refractivity contribution in [1.82, 2.24) is 15.3 Å². The summed E-state index contributed by atoms with van der Waals surface area (Å²) in [6.45, 7) is 7.84. The molecule has 2 aromatic heterocycles. The van der Waals surface area contributed by atoms with Crippen LogP contribution < -0.4 is 16.0 Å². The second-order valence-corrected chi connectivity index (χ2v) is 7.95. The molecule has 1 saturated heterocycles. The maximum absolute atomic E-state index is 14.1. The number of halogens is 1. The Kier molecular flexibility index (Phi) is 5.95. The van der Waals surface area contributed by atoms with Crippen LogP contribution in [0.1, 0.15) is 28.5 Å². The molecule has 7 heteroatoms. The van der Waals surface area contributed by atoms with Gasteiger partial charge in [0.1, 0.15) is 23.2 Å². The molecule has 1 aliphatic carbocycles. The van der Waals surface area contributed by atoms with Gasteiger partial charge >= 0.3 is 0 Å². The lowest BCUT2D eigenvalue weighted by atomic mass is 9.83. The third-order valence-corrected chi connectivity index (χ3v) is 5.93. The average Bonchev–Trinajstić information content (AvgIpc) is 2.79. The van der Waals surface area contributed by atoms with Crippen LogP contribution in [-0.2, 0) is 0 Å². The molecule has 4 rings (SSSR count). The topological polar surface area (TPSA) is 84.1 Å². The number of hydrogen-bond acceptors (Lipinski definition) is 6. The van der Waals surface area contributed by atoms with Crippen molar-refractivity contribution in [2.24, 2.45) is 11.8 Å². The molecule has 3 N–H and O–H groups in total. The van der Waals surface area contributed by atoms with Crippen LogP contribution in [0.4, 0.5) is 16.0 Å². The lowest BCUT2D eigenvalue weighted by Crippen LogP contribution is -2.55. The number of anilines is 2. The van der Waals surface area contributed by atoms with Gasteiger partial charge in [-0.2, -0.15) is 0 Å². The highest BCUT2D eigenvalue weighted by Gasteiger charge is 2.30. The molecule has 1 fully saturated rings. The highest BCUT2D eigenvalue weighted by molar-refractivity contribution is 6.12. The molecular weight excluding hydrogens is 393 g/mol. The Balaban J connectivity index is 1.65. The zero-order valence-electron chi connectivity index (χ0n) is 17.5. The van der Waals surface area contributed by atoms with E-state index in [1.54, 1.807) is 24.3 Å². The van der Waals surface area contributed by atoms with Crippen molar-refractivity contribution in [2.45, 2.75) is 13.0 Å². The number of ketones is 1. The maximum atomic E-state index is 14.1. The number of nitrogens with zero attached hydrogens (tertiary/aromatic N) is 3. The number of aromatic nitrogens is 2. The summed E-state index contributed by atoms with van der Waals surface area (Å²) in [4.78, 5) is 23.8. The Morgan fingerprint density at radius 3 is 2.81 bits per heavy atom. The van der Waals surface area contributed by atoms with Crippen LogP contribution >= 0.6 is 0 Å². The van der Waals surface area contributed by atoms with Crippen molar-refractivity contribution in [3.63, 3.8) is 0 Å². The van der Waals surface area contributed by atoms with Crippen LogP contribution in [0.3, 0.4) is 0 Å². The van der Waals surface area contributed by atoms with Gasteiger partial charge in [-0.3, -0.25) is 4.79 Å². The number of carbonyl (C=O) groups excluding carboxylic acids is 1. The summed E-state index contributed by atoms with van der Waals surface area (Å²) in [7, 11) is 0. The molecule has 0 amide bonds. The number of rotatable bonds is 5. The van der Waals surface area contributed by atoms with Gasteiger partial charge in [-0.1, -0.05) is 37.8 Å². The largest absolute Gasteiger partial charge is 0.383 e. The van der Waals surface area contributed by atoms with Gasteiger partial charge in [-0.05, 0) is 30.2 Å². The highest BCUT2D eigenvalue weighted by atomic mass is 19.1. The van der Waals surface area contributed by atoms with Gasteiger partial charge in [0.05, 0.1) is 5.56 Å². The molecular formula is C24H26FN5O. The number of nitrogens with one attached hydrogen (secondary N) is 1. The summed E-state index contributed by atoms with van der Waals surface area (Å²) >= 11 is 0. The Morgan fingerprint density at radius 2 is 2.06 bits per heavy atom. The van der Waals surface area contributed by atoms with Crippen LogP contribution in [0.2, 0.25) is 0 Å². The second-order valence-electron chi connectivity index (χ2n) is 7.95. The van der Waals surface area contributed by atoms with E-state index in [-0.39, 0.29) is 28.7 Å². The lowest BCUT2D eigenvalue weighted by Gasteiger charge is -2.39. The van der Waals surface area contributed by atoms with E-state index in [0.29, 0.717) is 17.7 Å².